The fourth-order valence-electron chi connectivity index (χ4n) is 4.51. The number of piperazine rings is 1. The van der Waals surface area contributed by atoms with Crippen molar-refractivity contribution < 1.29 is 9.59 Å². The van der Waals surface area contributed by atoms with E-state index in [1.807, 2.05) is 69.1 Å². The van der Waals surface area contributed by atoms with Crippen LogP contribution in [0.15, 0.2) is 42.5 Å². The topological polar surface area (TPSA) is 57.6 Å². The number of urea groups is 1. The first-order chi connectivity index (χ1) is 14.8. The molecule has 0 atom stereocenters. The number of nitrogens with one attached hydrogen (secondary N) is 1. The zero-order chi connectivity index (χ0) is 22.1. The van der Waals surface area contributed by atoms with Crippen LogP contribution in [0.4, 0.5) is 10.5 Å². The number of ketones is 1. The van der Waals surface area contributed by atoms with Crippen LogP contribution in [0.1, 0.15) is 27.2 Å². The summed E-state index contributed by atoms with van der Waals surface area (Å²) < 4.78 is 2.08. The predicted octanol–water partition coefficient (Wildman–Crippen LogP) is 4.14. The van der Waals surface area contributed by atoms with Gasteiger partial charge in [-0.1, -0.05) is 24.3 Å². The van der Waals surface area contributed by atoms with Gasteiger partial charge in [0.25, 0.3) is 0 Å². The lowest BCUT2D eigenvalue weighted by Crippen LogP contribution is -2.51. The van der Waals surface area contributed by atoms with E-state index in [2.05, 4.69) is 20.9 Å². The van der Waals surface area contributed by atoms with Gasteiger partial charge >= 0.3 is 6.03 Å². The second-order valence-electron chi connectivity index (χ2n) is 8.53. The van der Waals surface area contributed by atoms with Gasteiger partial charge in [0.2, 0.25) is 0 Å². The molecule has 6 nitrogen and oxygen atoms in total. The van der Waals surface area contributed by atoms with E-state index >= 15 is 0 Å². The van der Waals surface area contributed by atoms with E-state index in [4.69, 9.17) is 0 Å². The molecule has 3 aromatic rings. The Hall–Kier alpha value is -3.12. The predicted molar refractivity (Wildman–Crippen MR) is 125 cm³/mol. The number of Topliss-reactive ketones (excluding diaryl/α,β-unsaturated/α-hetero) is 1. The molecule has 6 heteroatoms. The molecule has 1 fully saturated rings. The number of anilines is 1. The summed E-state index contributed by atoms with van der Waals surface area (Å²) in [6.45, 7) is 9.03. The minimum absolute atomic E-state index is 0.0825. The Kier molecular flexibility index (Phi) is 5.83. The summed E-state index contributed by atoms with van der Waals surface area (Å²) in [5.41, 5.74) is 5.97. The second-order valence-corrected chi connectivity index (χ2v) is 8.53. The van der Waals surface area contributed by atoms with Crippen molar-refractivity contribution in [3.63, 3.8) is 0 Å². The van der Waals surface area contributed by atoms with Crippen molar-refractivity contribution in [3.8, 4) is 0 Å². The highest BCUT2D eigenvalue weighted by Gasteiger charge is 2.25. The van der Waals surface area contributed by atoms with E-state index in [0.29, 0.717) is 32.7 Å². The molecule has 162 valence electrons. The smallest absolute Gasteiger partial charge is 0.321 e. The highest BCUT2D eigenvalue weighted by molar-refractivity contribution is 6.10. The Bertz CT molecular complexity index is 1120. The van der Waals surface area contributed by atoms with Crippen LogP contribution in [0.25, 0.3) is 10.9 Å². The van der Waals surface area contributed by atoms with Gasteiger partial charge < -0.3 is 14.8 Å². The molecular weight excluding hydrogens is 388 g/mol. The molecule has 1 saturated heterocycles. The van der Waals surface area contributed by atoms with Gasteiger partial charge in [0, 0.05) is 61.1 Å². The minimum Gasteiger partial charge on any atom is -0.347 e. The second kappa shape index (κ2) is 8.55. The van der Waals surface area contributed by atoms with Crippen molar-refractivity contribution in [1.29, 1.82) is 0 Å². The maximum atomic E-state index is 13.1. The molecule has 2 heterocycles. The average molecular weight is 419 g/mol. The van der Waals surface area contributed by atoms with Gasteiger partial charge in [-0.3, -0.25) is 9.69 Å². The summed E-state index contributed by atoms with van der Waals surface area (Å²) in [6, 6.07) is 14.0. The maximum absolute atomic E-state index is 13.1. The highest BCUT2D eigenvalue weighted by Crippen LogP contribution is 2.25. The monoisotopic (exact) mass is 418 g/mol. The van der Waals surface area contributed by atoms with Crippen LogP contribution in [-0.4, -0.2) is 58.9 Å². The number of fused-ring (bicyclic) bond motifs is 1. The third-order valence-electron chi connectivity index (χ3n) is 6.18. The van der Waals surface area contributed by atoms with Crippen LogP contribution < -0.4 is 5.32 Å². The molecule has 1 aromatic heterocycles. The number of carbonyl (C=O) groups is 2. The number of rotatable bonds is 4. The Morgan fingerprint density at radius 1 is 0.935 bits per heavy atom. The number of aryl methyl sites for hydroxylation is 3. The first kappa shape index (κ1) is 21.1. The Morgan fingerprint density at radius 2 is 1.58 bits per heavy atom. The lowest BCUT2D eigenvalue weighted by Gasteiger charge is -2.34. The van der Waals surface area contributed by atoms with Crippen molar-refractivity contribution in [2.75, 3.05) is 38.0 Å². The molecule has 0 bridgehead atoms. The molecule has 1 aliphatic heterocycles. The lowest BCUT2D eigenvalue weighted by atomic mass is 10.1. The van der Waals surface area contributed by atoms with E-state index in [-0.39, 0.29) is 11.8 Å². The minimum atomic E-state index is -0.0825. The summed E-state index contributed by atoms with van der Waals surface area (Å²) in [5.74, 6) is 0.141. The average Bonchev–Trinajstić information content (AvgIpc) is 2.98. The molecule has 1 N–H and O–H groups in total. The van der Waals surface area contributed by atoms with E-state index in [9.17, 15) is 9.59 Å². The maximum Gasteiger partial charge on any atom is 0.321 e. The largest absolute Gasteiger partial charge is 0.347 e. The lowest BCUT2D eigenvalue weighted by molar-refractivity contribution is 0.0884. The van der Waals surface area contributed by atoms with Crippen molar-refractivity contribution in [3.05, 3.63) is 64.8 Å². The Labute approximate surface area is 183 Å². The number of aromatic nitrogens is 1. The van der Waals surface area contributed by atoms with Crippen molar-refractivity contribution >= 4 is 28.4 Å². The number of hydrogen-bond donors (Lipinski definition) is 1. The number of carbonyl (C=O) groups excluding carboxylic acids is 2. The van der Waals surface area contributed by atoms with E-state index in [1.54, 1.807) is 0 Å². The van der Waals surface area contributed by atoms with Gasteiger partial charge in [-0.25, -0.2) is 4.79 Å². The standard InChI is InChI=1S/C25H30N4O2/c1-17-13-18(2)15-20(14-17)26-25(31)29-11-9-28(10-12-29)16-23(30)24-19(3)27(4)22-8-6-5-7-21(22)24/h5-8,13-15H,9-12,16H2,1-4H3,(H,26,31). The number of benzene rings is 2. The number of amides is 2. The van der Waals surface area contributed by atoms with Crippen LogP contribution >= 0.6 is 0 Å². The van der Waals surface area contributed by atoms with Gasteiger partial charge in [0.15, 0.2) is 5.78 Å². The Balaban J connectivity index is 1.37. The third kappa shape index (κ3) is 4.35. The number of para-hydroxylation sites is 1. The third-order valence-corrected chi connectivity index (χ3v) is 6.18. The fourth-order valence-corrected chi connectivity index (χ4v) is 4.51. The van der Waals surface area contributed by atoms with Gasteiger partial charge in [-0.15, -0.1) is 0 Å². The van der Waals surface area contributed by atoms with E-state index in [1.165, 1.54) is 0 Å². The summed E-state index contributed by atoms with van der Waals surface area (Å²) in [7, 11) is 2.00. The Morgan fingerprint density at radius 3 is 2.26 bits per heavy atom. The first-order valence-corrected chi connectivity index (χ1v) is 10.8. The van der Waals surface area contributed by atoms with Crippen molar-refractivity contribution in [2.24, 2.45) is 7.05 Å². The molecule has 2 amide bonds. The van der Waals surface area contributed by atoms with E-state index < -0.39 is 0 Å². The SMILES string of the molecule is Cc1cc(C)cc(NC(=O)N2CCN(CC(=O)c3c(C)n(C)c4ccccc34)CC2)c1. The molecule has 0 unspecified atom stereocenters. The van der Waals surface area contributed by atoms with Crippen molar-refractivity contribution in [1.82, 2.24) is 14.4 Å². The molecule has 0 radical (unpaired) electrons. The van der Waals surface area contributed by atoms with E-state index in [0.717, 1.165) is 39.0 Å². The van der Waals surface area contributed by atoms with Gasteiger partial charge in [-0.2, -0.15) is 0 Å². The summed E-state index contributed by atoms with van der Waals surface area (Å²) in [4.78, 5) is 29.8. The molecule has 4 rings (SSSR count). The summed E-state index contributed by atoms with van der Waals surface area (Å²) in [6.07, 6.45) is 0. The van der Waals surface area contributed by atoms with Crippen molar-refractivity contribution in [2.45, 2.75) is 20.8 Å². The molecule has 0 saturated carbocycles. The fraction of sp³-hybridized carbons (Fsp3) is 0.360. The van der Waals surface area contributed by atoms with Gasteiger partial charge in [0.05, 0.1) is 6.54 Å². The van der Waals surface area contributed by atoms with Crippen LogP contribution in [0.2, 0.25) is 0 Å². The number of hydrogen-bond acceptors (Lipinski definition) is 3. The van der Waals surface area contributed by atoms with Crippen LogP contribution in [0.3, 0.4) is 0 Å². The van der Waals surface area contributed by atoms with Gasteiger partial charge in [-0.05, 0) is 50.1 Å². The quantitative estimate of drug-likeness (QED) is 0.648. The molecule has 0 spiro atoms. The molecule has 31 heavy (non-hydrogen) atoms. The zero-order valence-electron chi connectivity index (χ0n) is 18.7. The first-order valence-electron chi connectivity index (χ1n) is 10.8. The van der Waals surface area contributed by atoms with Gasteiger partial charge in [0.1, 0.15) is 0 Å². The zero-order valence-corrected chi connectivity index (χ0v) is 18.7. The molecule has 2 aromatic carbocycles. The summed E-state index contributed by atoms with van der Waals surface area (Å²) in [5, 5.41) is 4.02. The molecular formula is C25H30N4O2. The van der Waals surface area contributed by atoms with Crippen LogP contribution in [0.5, 0.6) is 0 Å². The molecule has 1 aliphatic rings. The van der Waals surface area contributed by atoms with Crippen LogP contribution in [-0.2, 0) is 7.05 Å². The highest BCUT2D eigenvalue weighted by atomic mass is 16.2. The number of nitrogens with zero attached hydrogens (tertiary/aromatic N) is 3. The molecule has 0 aliphatic carbocycles. The summed E-state index contributed by atoms with van der Waals surface area (Å²) >= 11 is 0. The normalized spacial score (nSPS) is 14.8. The van der Waals surface area contributed by atoms with Crippen LogP contribution in [0, 0.1) is 20.8 Å².